The molecule has 0 aliphatic heterocycles. The Kier molecular flexibility index (Phi) is 5.26. The maximum Gasteiger partial charge on any atom is 0.101 e. The minimum absolute atomic E-state index is 0.320. The largest absolute Gasteiger partial charge is 0.323 e. The third kappa shape index (κ3) is 3.53. The van der Waals surface area contributed by atoms with Gasteiger partial charge in [0.1, 0.15) is 6.17 Å². The molecule has 0 rings (SSSR count). The first-order valence-electron chi connectivity index (χ1n) is 4.19. The van der Waals surface area contributed by atoms with Gasteiger partial charge in [0.15, 0.2) is 0 Å². The molecule has 4 heteroatoms. The molecule has 3 atom stereocenters. The van der Waals surface area contributed by atoms with Crippen LogP contribution in [0, 0.1) is 11.8 Å². The van der Waals surface area contributed by atoms with Crippen LogP contribution in [0.1, 0.15) is 20.8 Å². The molecule has 0 aromatic heterocycles. The molecular formula is C9H16F2N2. The third-order valence-electron chi connectivity index (χ3n) is 2.26. The number of halogens is 2. The minimum Gasteiger partial charge on any atom is -0.323 e. The predicted molar refractivity (Wildman–Crippen MR) is 50.8 cm³/mol. The Balaban J connectivity index is 4.60. The summed E-state index contributed by atoms with van der Waals surface area (Å²) in [7, 11) is 0. The summed E-state index contributed by atoms with van der Waals surface area (Å²) in [5.41, 5.74) is 0.533. The van der Waals surface area contributed by atoms with Gasteiger partial charge in [-0.25, -0.2) is 8.78 Å². The average Bonchev–Trinajstić information content (AvgIpc) is 2.11. The minimum atomic E-state index is -1.02. The molecule has 2 N–H and O–H groups in total. The molecule has 2 nitrogen and oxygen atoms in total. The number of allylic oxidation sites excluding steroid dienone is 1. The second kappa shape index (κ2) is 5.67. The SMILES string of the molecule is C/C(=N\N)[C@H](/C=C/F)[C@H](C)[C@@H](C)F. The van der Waals surface area contributed by atoms with E-state index in [0.717, 1.165) is 0 Å². The molecule has 0 aromatic carbocycles. The van der Waals surface area contributed by atoms with E-state index in [4.69, 9.17) is 5.84 Å². The Morgan fingerprint density at radius 1 is 1.46 bits per heavy atom. The fraction of sp³-hybridized carbons (Fsp3) is 0.667. The van der Waals surface area contributed by atoms with E-state index in [0.29, 0.717) is 12.0 Å². The molecule has 13 heavy (non-hydrogen) atoms. The van der Waals surface area contributed by atoms with Crippen molar-refractivity contribution in [2.24, 2.45) is 22.8 Å². The lowest BCUT2D eigenvalue weighted by molar-refractivity contribution is 0.245. The number of hydrogen-bond acceptors (Lipinski definition) is 2. The van der Waals surface area contributed by atoms with Crippen molar-refractivity contribution in [3.8, 4) is 0 Å². The van der Waals surface area contributed by atoms with Crippen LogP contribution in [0.5, 0.6) is 0 Å². The first-order chi connectivity index (χ1) is 6.04. The van der Waals surface area contributed by atoms with Gasteiger partial charge in [0.2, 0.25) is 0 Å². The number of rotatable bonds is 4. The Labute approximate surface area is 77.5 Å². The lowest BCUT2D eigenvalue weighted by atomic mass is 9.87. The highest BCUT2D eigenvalue weighted by Crippen LogP contribution is 2.21. The van der Waals surface area contributed by atoms with Crippen LogP contribution in [-0.2, 0) is 0 Å². The van der Waals surface area contributed by atoms with E-state index >= 15 is 0 Å². The van der Waals surface area contributed by atoms with Crippen LogP contribution in [0.2, 0.25) is 0 Å². The van der Waals surface area contributed by atoms with E-state index < -0.39 is 6.17 Å². The lowest BCUT2D eigenvalue weighted by Gasteiger charge is -2.20. The molecule has 76 valence electrons. The molecule has 0 saturated carbocycles. The molecule has 0 aliphatic rings. The zero-order valence-corrected chi connectivity index (χ0v) is 8.17. The molecule has 0 heterocycles. The highest BCUT2D eigenvalue weighted by Gasteiger charge is 2.22. The Hall–Kier alpha value is -0.930. The Morgan fingerprint density at radius 2 is 2.00 bits per heavy atom. The zero-order valence-electron chi connectivity index (χ0n) is 8.17. The number of hydrazone groups is 1. The molecule has 0 spiro atoms. The van der Waals surface area contributed by atoms with Crippen molar-refractivity contribution in [2.75, 3.05) is 0 Å². The summed E-state index contributed by atoms with van der Waals surface area (Å²) in [6, 6.07) is 0. The smallest absolute Gasteiger partial charge is 0.101 e. The molecule has 0 unspecified atom stereocenters. The Bertz CT molecular complexity index is 200. The van der Waals surface area contributed by atoms with Crippen molar-refractivity contribution in [1.29, 1.82) is 0 Å². The summed E-state index contributed by atoms with van der Waals surface area (Å²) in [5.74, 6) is 4.36. The van der Waals surface area contributed by atoms with Crippen molar-refractivity contribution in [3.05, 3.63) is 12.4 Å². The van der Waals surface area contributed by atoms with Gasteiger partial charge in [0.05, 0.1) is 6.33 Å². The second-order valence-corrected chi connectivity index (χ2v) is 3.15. The van der Waals surface area contributed by atoms with Gasteiger partial charge in [-0.3, -0.25) is 0 Å². The van der Waals surface area contributed by atoms with E-state index in [1.54, 1.807) is 13.8 Å². The van der Waals surface area contributed by atoms with E-state index in [-0.39, 0.29) is 11.8 Å². The highest BCUT2D eigenvalue weighted by atomic mass is 19.1. The number of alkyl halides is 1. The van der Waals surface area contributed by atoms with E-state index in [1.165, 1.54) is 13.0 Å². The quantitative estimate of drug-likeness (QED) is 0.412. The summed E-state index contributed by atoms with van der Waals surface area (Å²) in [6.07, 6.45) is 0.655. The standard InChI is InChI=1S/C9H16F2N2/c1-6(7(2)11)9(4-5-10)8(3)13-12/h4-7,9H,12H2,1-3H3/b5-4+,13-8+/t6-,7-,9-/m1/s1. The molecular weight excluding hydrogens is 174 g/mol. The number of nitrogens with two attached hydrogens (primary N) is 1. The van der Waals surface area contributed by atoms with Gasteiger partial charge in [-0.2, -0.15) is 5.10 Å². The predicted octanol–water partition coefficient (Wildman–Crippen LogP) is 2.41. The molecule has 0 radical (unpaired) electrons. The van der Waals surface area contributed by atoms with Gasteiger partial charge in [-0.1, -0.05) is 6.92 Å². The van der Waals surface area contributed by atoms with Gasteiger partial charge in [0.25, 0.3) is 0 Å². The molecule has 0 aromatic rings. The van der Waals surface area contributed by atoms with Crippen LogP contribution in [0.3, 0.4) is 0 Å². The first kappa shape index (κ1) is 12.1. The second-order valence-electron chi connectivity index (χ2n) is 3.15. The van der Waals surface area contributed by atoms with Crippen LogP contribution in [-0.4, -0.2) is 11.9 Å². The summed E-state index contributed by atoms with van der Waals surface area (Å²) in [4.78, 5) is 0. The maximum absolute atomic E-state index is 12.9. The fourth-order valence-corrected chi connectivity index (χ4v) is 1.15. The van der Waals surface area contributed by atoms with Crippen molar-refractivity contribution in [3.63, 3.8) is 0 Å². The van der Waals surface area contributed by atoms with Crippen molar-refractivity contribution < 1.29 is 8.78 Å². The molecule has 0 saturated heterocycles. The summed E-state index contributed by atoms with van der Waals surface area (Å²) >= 11 is 0. The zero-order chi connectivity index (χ0) is 10.4. The van der Waals surface area contributed by atoms with Gasteiger partial charge in [-0.05, 0) is 25.8 Å². The van der Waals surface area contributed by atoms with Gasteiger partial charge >= 0.3 is 0 Å². The van der Waals surface area contributed by atoms with Crippen LogP contribution in [0.4, 0.5) is 8.78 Å². The van der Waals surface area contributed by atoms with Crippen LogP contribution < -0.4 is 5.84 Å². The van der Waals surface area contributed by atoms with Crippen LogP contribution >= 0.6 is 0 Å². The van der Waals surface area contributed by atoms with E-state index in [1.807, 2.05) is 0 Å². The third-order valence-corrected chi connectivity index (χ3v) is 2.26. The summed E-state index contributed by atoms with van der Waals surface area (Å²) in [5, 5.41) is 3.44. The van der Waals surface area contributed by atoms with Gasteiger partial charge < -0.3 is 5.84 Å². The molecule has 0 amide bonds. The first-order valence-corrected chi connectivity index (χ1v) is 4.19. The van der Waals surface area contributed by atoms with Crippen LogP contribution in [0.25, 0.3) is 0 Å². The molecule has 0 fully saturated rings. The van der Waals surface area contributed by atoms with Crippen LogP contribution in [0.15, 0.2) is 17.5 Å². The van der Waals surface area contributed by atoms with Crippen molar-refractivity contribution >= 4 is 5.71 Å². The fourth-order valence-electron chi connectivity index (χ4n) is 1.15. The Morgan fingerprint density at radius 3 is 2.31 bits per heavy atom. The molecule has 0 aliphatic carbocycles. The number of hydrogen-bond donors (Lipinski definition) is 1. The maximum atomic E-state index is 12.9. The number of nitrogens with zero attached hydrogens (tertiary/aromatic N) is 1. The monoisotopic (exact) mass is 190 g/mol. The van der Waals surface area contributed by atoms with Crippen molar-refractivity contribution in [1.82, 2.24) is 0 Å². The van der Waals surface area contributed by atoms with Gasteiger partial charge in [0, 0.05) is 11.6 Å². The summed E-state index contributed by atoms with van der Waals surface area (Å²) in [6.45, 7) is 4.79. The average molecular weight is 190 g/mol. The van der Waals surface area contributed by atoms with E-state index in [2.05, 4.69) is 5.10 Å². The topological polar surface area (TPSA) is 38.4 Å². The highest BCUT2D eigenvalue weighted by molar-refractivity contribution is 5.85. The molecule has 0 bridgehead atoms. The summed E-state index contributed by atoms with van der Waals surface area (Å²) < 4.78 is 24.9. The lowest BCUT2D eigenvalue weighted by Crippen LogP contribution is -2.24. The van der Waals surface area contributed by atoms with Gasteiger partial charge in [-0.15, -0.1) is 0 Å². The van der Waals surface area contributed by atoms with E-state index in [9.17, 15) is 8.78 Å². The normalized spacial score (nSPS) is 20.2. The van der Waals surface area contributed by atoms with Crippen molar-refractivity contribution in [2.45, 2.75) is 26.9 Å².